The van der Waals surface area contributed by atoms with Gasteiger partial charge >= 0.3 is 5.97 Å². The van der Waals surface area contributed by atoms with Gasteiger partial charge in [0.1, 0.15) is 6.10 Å². The molecule has 0 N–H and O–H groups in total. The molecule has 0 aromatic heterocycles. The molecular formula is C39H59NO2. The molecule has 5 aliphatic rings. The number of hydrogen-bond donors (Lipinski definition) is 0. The first kappa shape index (κ1) is 30.4. The van der Waals surface area contributed by atoms with Gasteiger partial charge in [-0.05, 0) is 123 Å². The van der Waals surface area contributed by atoms with Gasteiger partial charge in [0, 0.05) is 12.5 Å². The molecule has 0 spiro atoms. The molecule has 1 aromatic rings. The van der Waals surface area contributed by atoms with Gasteiger partial charge in [0.25, 0.3) is 0 Å². The molecule has 9 atom stereocenters. The van der Waals surface area contributed by atoms with Crippen molar-refractivity contribution < 1.29 is 9.53 Å². The summed E-state index contributed by atoms with van der Waals surface area (Å²) < 4.78 is 6.17. The number of carbonyl (C=O) groups is 1. The highest BCUT2D eigenvalue weighted by molar-refractivity contribution is 5.89. The highest BCUT2D eigenvalue weighted by atomic mass is 16.5. The van der Waals surface area contributed by atoms with Crippen LogP contribution in [0.1, 0.15) is 128 Å². The van der Waals surface area contributed by atoms with Crippen LogP contribution in [0.15, 0.2) is 42.0 Å². The Morgan fingerprint density at radius 3 is 2.43 bits per heavy atom. The number of rotatable bonds is 8. The summed E-state index contributed by atoms with van der Waals surface area (Å²) in [6, 6.07) is 10.1. The zero-order valence-electron chi connectivity index (χ0n) is 27.5. The molecule has 0 unspecified atom stereocenters. The highest BCUT2D eigenvalue weighted by Crippen LogP contribution is 2.68. The summed E-state index contributed by atoms with van der Waals surface area (Å²) in [5, 5.41) is 0. The molecule has 1 aromatic carbocycles. The fourth-order valence-corrected chi connectivity index (χ4v) is 11.1. The van der Waals surface area contributed by atoms with Crippen LogP contribution in [0.4, 0.5) is 0 Å². The topological polar surface area (TPSA) is 29.5 Å². The fourth-order valence-electron chi connectivity index (χ4n) is 11.1. The Balaban J connectivity index is 1.25. The molecule has 232 valence electrons. The van der Waals surface area contributed by atoms with Crippen molar-refractivity contribution in [3.63, 3.8) is 0 Å². The first-order valence-electron chi connectivity index (χ1n) is 17.9. The minimum absolute atomic E-state index is 0.00648. The molecule has 42 heavy (non-hydrogen) atoms. The van der Waals surface area contributed by atoms with Gasteiger partial charge < -0.3 is 4.74 Å². The minimum atomic E-state index is -0.154. The largest absolute Gasteiger partial charge is 0.458 e. The number of esters is 1. The summed E-state index contributed by atoms with van der Waals surface area (Å²) in [6.07, 6.45) is 19.9. The van der Waals surface area contributed by atoms with Gasteiger partial charge in [-0.25, -0.2) is 4.79 Å². The number of likely N-dealkylation sites (tertiary alicyclic amines) is 1. The van der Waals surface area contributed by atoms with Gasteiger partial charge in [0.05, 0.1) is 5.56 Å². The van der Waals surface area contributed by atoms with Gasteiger partial charge in [0.2, 0.25) is 0 Å². The normalized spacial score (nSPS) is 39.1. The Hall–Kier alpha value is -1.61. The monoisotopic (exact) mass is 573 g/mol. The SMILES string of the molecule is CC(C)CCC[C@H](C)[C@@H]1CC[C@@H]2[C@H]3[C@H](N4CCCCC4)C=C4C[C@@H](OC(=O)c5ccccc5)CC[C@@]4(C)[C@H]3CC[C@@]21C. The van der Waals surface area contributed by atoms with Crippen LogP contribution in [0.2, 0.25) is 0 Å². The van der Waals surface area contributed by atoms with Crippen LogP contribution >= 0.6 is 0 Å². The Labute approximate surface area is 257 Å². The Morgan fingerprint density at radius 1 is 0.929 bits per heavy atom. The third kappa shape index (κ3) is 5.66. The lowest BCUT2D eigenvalue weighted by atomic mass is 9.45. The van der Waals surface area contributed by atoms with E-state index in [4.69, 9.17) is 4.74 Å². The second-order valence-corrected chi connectivity index (χ2v) is 16.2. The van der Waals surface area contributed by atoms with Crippen molar-refractivity contribution in [1.29, 1.82) is 0 Å². The average molecular weight is 574 g/mol. The molecule has 1 aliphatic heterocycles. The van der Waals surface area contributed by atoms with Gasteiger partial charge in [-0.3, -0.25) is 4.90 Å². The zero-order valence-corrected chi connectivity index (χ0v) is 27.5. The third-order valence-electron chi connectivity index (χ3n) is 13.4. The van der Waals surface area contributed by atoms with E-state index in [2.05, 4.69) is 45.6 Å². The average Bonchev–Trinajstić information content (AvgIpc) is 3.35. The molecule has 4 aliphatic carbocycles. The summed E-state index contributed by atoms with van der Waals surface area (Å²) in [5.41, 5.74) is 3.05. The van der Waals surface area contributed by atoms with Crippen molar-refractivity contribution in [3.05, 3.63) is 47.5 Å². The molecule has 1 saturated heterocycles. The van der Waals surface area contributed by atoms with E-state index in [1.54, 1.807) is 5.57 Å². The van der Waals surface area contributed by atoms with E-state index >= 15 is 0 Å². The van der Waals surface area contributed by atoms with Crippen LogP contribution in [-0.4, -0.2) is 36.1 Å². The highest BCUT2D eigenvalue weighted by Gasteiger charge is 2.62. The summed E-state index contributed by atoms with van der Waals surface area (Å²) in [6.45, 7) is 15.2. The minimum Gasteiger partial charge on any atom is -0.458 e. The lowest BCUT2D eigenvalue weighted by molar-refractivity contribution is -0.0881. The number of piperidine rings is 1. The molecule has 3 nitrogen and oxygen atoms in total. The number of hydrogen-bond acceptors (Lipinski definition) is 3. The Kier molecular flexibility index (Phi) is 8.99. The predicted molar refractivity (Wildman–Crippen MR) is 173 cm³/mol. The molecule has 3 heteroatoms. The van der Waals surface area contributed by atoms with Crippen molar-refractivity contribution in [2.75, 3.05) is 13.1 Å². The lowest BCUT2D eigenvalue weighted by Gasteiger charge is -2.62. The standard InChI is InChI=1S/C39H59NO2/c1-27(2)13-12-14-28(3)32-17-18-33-36-34(20-22-39(32,33)5)38(4)21-19-31(42-37(41)29-15-8-6-9-16-29)25-30(38)26-35(36)40-23-10-7-11-24-40/h6,8-9,15-16,26-28,31-36H,7,10-14,17-25H2,1-5H3/t28-,31-,32-,33+,34-,35+,36+,38+,39+/m0/s1. The summed E-state index contributed by atoms with van der Waals surface area (Å²) in [4.78, 5) is 15.9. The van der Waals surface area contributed by atoms with E-state index in [1.165, 1.54) is 77.3 Å². The van der Waals surface area contributed by atoms with Gasteiger partial charge in [-0.1, -0.05) is 90.2 Å². The van der Waals surface area contributed by atoms with Gasteiger partial charge in [0.15, 0.2) is 0 Å². The van der Waals surface area contributed by atoms with Crippen molar-refractivity contribution >= 4 is 5.97 Å². The van der Waals surface area contributed by atoms with Crippen molar-refractivity contribution in [2.45, 2.75) is 130 Å². The fraction of sp³-hybridized carbons (Fsp3) is 0.769. The first-order chi connectivity index (χ1) is 20.2. The van der Waals surface area contributed by atoms with E-state index in [1.807, 2.05) is 30.3 Å². The van der Waals surface area contributed by atoms with Crippen LogP contribution in [0.5, 0.6) is 0 Å². The van der Waals surface area contributed by atoms with Crippen LogP contribution in [0.25, 0.3) is 0 Å². The number of ether oxygens (including phenoxy) is 1. The third-order valence-corrected chi connectivity index (χ3v) is 13.4. The van der Waals surface area contributed by atoms with Crippen molar-refractivity contribution in [2.24, 2.45) is 46.3 Å². The summed E-state index contributed by atoms with van der Waals surface area (Å²) in [7, 11) is 0. The summed E-state index contributed by atoms with van der Waals surface area (Å²) in [5.74, 6) is 4.82. The lowest BCUT2D eigenvalue weighted by Crippen LogP contribution is -2.59. The quantitative estimate of drug-likeness (QED) is 0.229. The van der Waals surface area contributed by atoms with Crippen LogP contribution in [0.3, 0.4) is 0 Å². The van der Waals surface area contributed by atoms with Crippen LogP contribution < -0.4 is 0 Å². The maximum absolute atomic E-state index is 13.0. The number of carbonyl (C=O) groups excluding carboxylic acids is 1. The number of nitrogens with zero attached hydrogens (tertiary/aromatic N) is 1. The van der Waals surface area contributed by atoms with E-state index < -0.39 is 0 Å². The second kappa shape index (κ2) is 12.4. The molecule has 0 radical (unpaired) electrons. The smallest absolute Gasteiger partial charge is 0.338 e. The maximum Gasteiger partial charge on any atom is 0.338 e. The van der Waals surface area contributed by atoms with Gasteiger partial charge in [-0.15, -0.1) is 0 Å². The Bertz CT molecular complexity index is 1100. The van der Waals surface area contributed by atoms with Crippen molar-refractivity contribution in [1.82, 2.24) is 4.90 Å². The molecule has 1 heterocycles. The van der Waals surface area contributed by atoms with Crippen molar-refractivity contribution in [3.8, 4) is 0 Å². The van der Waals surface area contributed by atoms with E-state index in [0.717, 1.165) is 54.8 Å². The molecule has 3 saturated carbocycles. The molecule has 6 rings (SSSR count). The van der Waals surface area contributed by atoms with E-state index in [9.17, 15) is 4.79 Å². The number of benzene rings is 1. The van der Waals surface area contributed by atoms with E-state index in [-0.39, 0.29) is 17.5 Å². The predicted octanol–water partition coefficient (Wildman–Crippen LogP) is 9.72. The number of fused-ring (bicyclic) bond motifs is 5. The molecule has 4 fully saturated rings. The van der Waals surface area contributed by atoms with Gasteiger partial charge in [-0.2, -0.15) is 0 Å². The molecule has 0 bridgehead atoms. The summed E-state index contributed by atoms with van der Waals surface area (Å²) >= 11 is 0. The Morgan fingerprint density at radius 2 is 1.69 bits per heavy atom. The molecular weight excluding hydrogens is 514 g/mol. The van der Waals surface area contributed by atoms with Crippen LogP contribution in [-0.2, 0) is 4.74 Å². The van der Waals surface area contributed by atoms with Crippen LogP contribution in [0, 0.1) is 46.3 Å². The van der Waals surface area contributed by atoms with E-state index in [0.29, 0.717) is 17.0 Å². The zero-order chi connectivity index (χ0) is 29.5. The second-order valence-electron chi connectivity index (χ2n) is 16.2. The molecule has 0 amide bonds. The first-order valence-corrected chi connectivity index (χ1v) is 17.9. The maximum atomic E-state index is 13.0.